The summed E-state index contributed by atoms with van der Waals surface area (Å²) in [4.78, 5) is 11.0. The maximum atomic E-state index is 11.0. The molecule has 2 aromatic rings. The summed E-state index contributed by atoms with van der Waals surface area (Å²) in [7, 11) is 0. The second kappa shape index (κ2) is 4.82. The number of benzene rings is 1. The van der Waals surface area contributed by atoms with Crippen LogP contribution in [0.5, 0.6) is 11.5 Å². The lowest BCUT2D eigenvalue weighted by molar-refractivity contribution is 0.0689. The zero-order chi connectivity index (χ0) is 14.3. The average Bonchev–Trinajstić information content (AvgIpc) is 2.80. The third-order valence-electron chi connectivity index (χ3n) is 3.07. The molecule has 0 saturated heterocycles. The molecule has 0 unspecified atom stereocenters. The zero-order valence-electron chi connectivity index (χ0n) is 10.6. The van der Waals surface area contributed by atoms with Crippen molar-refractivity contribution in [1.82, 2.24) is 10.2 Å². The van der Waals surface area contributed by atoms with Gasteiger partial charge < -0.3 is 14.6 Å². The van der Waals surface area contributed by atoms with E-state index in [1.807, 2.05) is 19.1 Å². The van der Waals surface area contributed by atoms with E-state index in [1.54, 1.807) is 0 Å². The van der Waals surface area contributed by atoms with E-state index in [1.165, 1.54) is 0 Å². The Morgan fingerprint density at radius 2 is 2.00 bits per heavy atom. The fraction of sp³-hybridized carbons (Fsp3) is 0.231. The standard InChI is InChI=1S/C13H11BrN2O4/c1-6-4-8-9(20-3-2-19-8)5-7(6)11-10(14)12(13(17)18)16-15-11/h4-5H,2-3H2,1H3,(H,15,16)(H,17,18). The van der Waals surface area contributed by atoms with Gasteiger partial charge in [-0.25, -0.2) is 4.79 Å². The third-order valence-corrected chi connectivity index (χ3v) is 3.84. The summed E-state index contributed by atoms with van der Waals surface area (Å²) in [5.41, 5.74) is 2.29. The Balaban J connectivity index is 2.12. The van der Waals surface area contributed by atoms with Crippen molar-refractivity contribution in [2.24, 2.45) is 0 Å². The lowest BCUT2D eigenvalue weighted by atomic mass is 10.0. The van der Waals surface area contributed by atoms with Crippen LogP contribution >= 0.6 is 15.9 Å². The highest BCUT2D eigenvalue weighted by atomic mass is 79.9. The van der Waals surface area contributed by atoms with E-state index in [0.29, 0.717) is 34.9 Å². The molecular formula is C13H11BrN2O4. The number of aryl methyl sites for hydroxylation is 1. The minimum absolute atomic E-state index is 0.0225. The van der Waals surface area contributed by atoms with E-state index in [0.717, 1.165) is 11.1 Å². The highest BCUT2D eigenvalue weighted by Gasteiger charge is 2.21. The number of carboxylic acids is 1. The van der Waals surface area contributed by atoms with E-state index in [9.17, 15) is 4.79 Å². The molecule has 0 saturated carbocycles. The fourth-order valence-corrected chi connectivity index (χ4v) is 2.65. The van der Waals surface area contributed by atoms with E-state index >= 15 is 0 Å². The van der Waals surface area contributed by atoms with Gasteiger partial charge in [-0.3, -0.25) is 5.10 Å². The molecule has 1 aliphatic rings. The summed E-state index contributed by atoms with van der Waals surface area (Å²) in [5, 5.41) is 15.6. The van der Waals surface area contributed by atoms with E-state index in [4.69, 9.17) is 14.6 Å². The second-order valence-electron chi connectivity index (χ2n) is 4.38. The molecule has 0 fully saturated rings. The largest absolute Gasteiger partial charge is 0.486 e. The van der Waals surface area contributed by atoms with Crippen molar-refractivity contribution in [2.75, 3.05) is 13.2 Å². The number of carbonyl (C=O) groups is 1. The number of nitrogens with zero attached hydrogens (tertiary/aromatic N) is 1. The number of aromatic carboxylic acids is 1. The number of fused-ring (bicyclic) bond motifs is 1. The van der Waals surface area contributed by atoms with Crippen molar-refractivity contribution >= 4 is 21.9 Å². The summed E-state index contributed by atoms with van der Waals surface area (Å²) in [6.07, 6.45) is 0. The zero-order valence-corrected chi connectivity index (χ0v) is 12.2. The number of aromatic nitrogens is 2. The van der Waals surface area contributed by atoms with E-state index in [-0.39, 0.29) is 5.69 Å². The number of nitrogens with one attached hydrogen (secondary N) is 1. The number of ether oxygens (including phenoxy) is 2. The van der Waals surface area contributed by atoms with Gasteiger partial charge in [-0.15, -0.1) is 0 Å². The Bertz CT molecular complexity index is 696. The van der Waals surface area contributed by atoms with Crippen LogP contribution in [0.2, 0.25) is 0 Å². The second-order valence-corrected chi connectivity index (χ2v) is 5.17. The van der Waals surface area contributed by atoms with Gasteiger partial charge >= 0.3 is 5.97 Å². The van der Waals surface area contributed by atoms with Crippen molar-refractivity contribution in [2.45, 2.75) is 6.92 Å². The van der Waals surface area contributed by atoms with Gasteiger partial charge in [0.15, 0.2) is 17.2 Å². The van der Waals surface area contributed by atoms with Gasteiger partial charge in [-0.2, -0.15) is 5.10 Å². The van der Waals surface area contributed by atoms with Gasteiger partial charge in [0.1, 0.15) is 18.9 Å². The number of H-pyrrole nitrogens is 1. The molecule has 6 nitrogen and oxygen atoms in total. The van der Waals surface area contributed by atoms with Gasteiger partial charge in [0.25, 0.3) is 0 Å². The number of rotatable bonds is 2. The lowest BCUT2D eigenvalue weighted by Gasteiger charge is -2.20. The maximum absolute atomic E-state index is 11.0. The molecule has 3 rings (SSSR count). The summed E-state index contributed by atoms with van der Waals surface area (Å²) in [6.45, 7) is 2.94. The van der Waals surface area contributed by atoms with Crippen LogP contribution < -0.4 is 9.47 Å². The molecule has 0 radical (unpaired) electrons. The van der Waals surface area contributed by atoms with Crippen molar-refractivity contribution < 1.29 is 19.4 Å². The highest BCUT2D eigenvalue weighted by Crippen LogP contribution is 2.39. The highest BCUT2D eigenvalue weighted by molar-refractivity contribution is 9.10. The molecule has 20 heavy (non-hydrogen) atoms. The summed E-state index contributed by atoms with van der Waals surface area (Å²) >= 11 is 3.27. The van der Waals surface area contributed by atoms with Crippen molar-refractivity contribution in [3.8, 4) is 22.8 Å². The van der Waals surface area contributed by atoms with Crippen LogP contribution in [0.1, 0.15) is 16.1 Å². The Kier molecular flexibility index (Phi) is 3.13. The average molecular weight is 339 g/mol. The fourth-order valence-electron chi connectivity index (χ4n) is 2.09. The first-order chi connectivity index (χ1) is 9.58. The molecular weight excluding hydrogens is 328 g/mol. The molecule has 0 bridgehead atoms. The number of aromatic amines is 1. The van der Waals surface area contributed by atoms with Gasteiger partial charge in [-0.1, -0.05) is 0 Å². The van der Waals surface area contributed by atoms with Gasteiger partial charge in [-0.05, 0) is 40.5 Å². The monoisotopic (exact) mass is 338 g/mol. The maximum Gasteiger partial charge on any atom is 0.355 e. The van der Waals surface area contributed by atoms with Crippen molar-refractivity contribution in [3.63, 3.8) is 0 Å². The van der Waals surface area contributed by atoms with E-state index in [2.05, 4.69) is 26.1 Å². The van der Waals surface area contributed by atoms with Crippen molar-refractivity contribution in [3.05, 3.63) is 27.9 Å². The quantitative estimate of drug-likeness (QED) is 0.879. The third kappa shape index (κ3) is 2.03. The molecule has 1 aliphatic heterocycles. The molecule has 104 valence electrons. The number of hydrogen-bond donors (Lipinski definition) is 2. The predicted octanol–water partition coefficient (Wildman–Crippen LogP) is 2.62. The molecule has 0 amide bonds. The molecule has 0 atom stereocenters. The van der Waals surface area contributed by atoms with Crippen LogP contribution in [0.25, 0.3) is 11.3 Å². The minimum Gasteiger partial charge on any atom is -0.486 e. The topological polar surface area (TPSA) is 84.4 Å². The molecule has 2 N–H and O–H groups in total. The van der Waals surface area contributed by atoms with Crippen LogP contribution in [-0.4, -0.2) is 34.5 Å². The van der Waals surface area contributed by atoms with Crippen LogP contribution in [0.15, 0.2) is 16.6 Å². The van der Waals surface area contributed by atoms with Crippen LogP contribution in [0.3, 0.4) is 0 Å². The molecule has 0 aliphatic carbocycles. The molecule has 1 aromatic carbocycles. The molecule has 2 heterocycles. The first-order valence-electron chi connectivity index (χ1n) is 5.95. The first kappa shape index (κ1) is 13.0. The summed E-state index contributed by atoms with van der Waals surface area (Å²) < 4.78 is 11.5. The van der Waals surface area contributed by atoms with Crippen LogP contribution in [0, 0.1) is 6.92 Å². The van der Waals surface area contributed by atoms with E-state index < -0.39 is 5.97 Å². The lowest BCUT2D eigenvalue weighted by Crippen LogP contribution is -2.15. The normalized spacial score (nSPS) is 13.3. The molecule has 1 aromatic heterocycles. The smallest absolute Gasteiger partial charge is 0.355 e. The number of carboxylic acid groups (broad SMARTS) is 1. The Hall–Kier alpha value is -2.02. The minimum atomic E-state index is -1.06. The Morgan fingerprint density at radius 3 is 2.60 bits per heavy atom. The summed E-state index contributed by atoms with van der Waals surface area (Å²) in [6, 6.07) is 3.68. The first-order valence-corrected chi connectivity index (χ1v) is 6.75. The van der Waals surface area contributed by atoms with Crippen LogP contribution in [0.4, 0.5) is 0 Å². The Morgan fingerprint density at radius 1 is 1.35 bits per heavy atom. The van der Waals surface area contributed by atoms with Gasteiger partial charge in [0.05, 0.1) is 4.47 Å². The predicted molar refractivity (Wildman–Crippen MR) is 74.4 cm³/mol. The SMILES string of the molecule is Cc1cc2c(cc1-c1n[nH]c(C(=O)O)c1Br)OCCO2. The Labute approximate surface area is 122 Å². The van der Waals surface area contributed by atoms with Crippen molar-refractivity contribution in [1.29, 1.82) is 0 Å². The molecule has 7 heteroatoms. The number of hydrogen-bond acceptors (Lipinski definition) is 4. The summed E-state index contributed by atoms with van der Waals surface area (Å²) in [5.74, 6) is 0.275. The van der Waals surface area contributed by atoms with Crippen LogP contribution in [-0.2, 0) is 0 Å². The number of halogens is 1. The molecule has 0 spiro atoms. The van der Waals surface area contributed by atoms with Gasteiger partial charge in [0.2, 0.25) is 0 Å². The van der Waals surface area contributed by atoms with Gasteiger partial charge in [0, 0.05) is 5.56 Å².